The highest BCUT2D eigenvalue weighted by molar-refractivity contribution is 5.83. The molecule has 90 valence electrons. The molecule has 0 atom stereocenters. The molecule has 2 rings (SSSR count). The molecule has 0 N–H and O–H groups in total. The Bertz CT molecular complexity index is 606. The molecule has 4 nitrogen and oxygen atoms in total. The summed E-state index contributed by atoms with van der Waals surface area (Å²) in [5.41, 5.74) is 2.75. The Morgan fingerprint density at radius 3 is 2.67 bits per heavy atom. The highest BCUT2D eigenvalue weighted by Crippen LogP contribution is 2.19. The lowest BCUT2D eigenvalue weighted by Gasteiger charge is -1.98. The van der Waals surface area contributed by atoms with E-state index >= 15 is 0 Å². The van der Waals surface area contributed by atoms with Crippen LogP contribution in [0.15, 0.2) is 53.5 Å². The molecule has 0 aliphatic carbocycles. The van der Waals surface area contributed by atoms with Crippen LogP contribution in [0.3, 0.4) is 0 Å². The molecular formula is C14H12N2O2. The number of nitrogens with zero attached hydrogens (tertiary/aromatic N) is 2. The van der Waals surface area contributed by atoms with Gasteiger partial charge in [0.05, 0.1) is 10.6 Å². The van der Waals surface area contributed by atoms with Crippen LogP contribution < -0.4 is 0 Å². The summed E-state index contributed by atoms with van der Waals surface area (Å²) in [6.07, 6.45) is 1.72. The Kier molecular flexibility index (Phi) is 3.48. The second kappa shape index (κ2) is 5.23. The van der Waals surface area contributed by atoms with Crippen molar-refractivity contribution in [2.45, 2.75) is 6.92 Å². The minimum atomic E-state index is -0.424. The lowest BCUT2D eigenvalue weighted by Crippen LogP contribution is -1.87. The predicted molar refractivity (Wildman–Crippen MR) is 71.5 cm³/mol. The average Bonchev–Trinajstić information content (AvgIpc) is 2.38. The summed E-state index contributed by atoms with van der Waals surface area (Å²) < 4.78 is 0. The number of rotatable bonds is 3. The first-order valence-electron chi connectivity index (χ1n) is 5.51. The van der Waals surface area contributed by atoms with Gasteiger partial charge in [-0.2, -0.15) is 0 Å². The first-order valence-corrected chi connectivity index (χ1v) is 5.51. The normalized spacial score (nSPS) is 10.7. The van der Waals surface area contributed by atoms with Gasteiger partial charge < -0.3 is 0 Å². The van der Waals surface area contributed by atoms with Gasteiger partial charge in [-0.1, -0.05) is 30.3 Å². The van der Waals surface area contributed by atoms with Crippen molar-refractivity contribution < 1.29 is 4.92 Å². The predicted octanol–water partition coefficient (Wildman–Crippen LogP) is 3.65. The molecule has 0 amide bonds. The molecule has 0 bridgehead atoms. The first kappa shape index (κ1) is 12.0. The summed E-state index contributed by atoms with van der Waals surface area (Å²) in [7, 11) is 0. The van der Waals surface area contributed by atoms with E-state index in [1.54, 1.807) is 18.3 Å². The average molecular weight is 240 g/mol. The van der Waals surface area contributed by atoms with Crippen molar-refractivity contribution in [3.05, 3.63) is 69.8 Å². The molecule has 18 heavy (non-hydrogen) atoms. The fraction of sp³-hybridized carbons (Fsp3) is 0.0714. The summed E-state index contributed by atoms with van der Waals surface area (Å²) in [6, 6.07) is 14.1. The summed E-state index contributed by atoms with van der Waals surface area (Å²) in [5.74, 6) is 0. The van der Waals surface area contributed by atoms with Crippen LogP contribution >= 0.6 is 0 Å². The zero-order valence-corrected chi connectivity index (χ0v) is 9.91. The molecule has 0 unspecified atom stereocenters. The smallest absolute Gasteiger partial charge is 0.258 e. The van der Waals surface area contributed by atoms with Gasteiger partial charge in [-0.3, -0.25) is 15.1 Å². The maximum absolute atomic E-state index is 10.6. The van der Waals surface area contributed by atoms with Gasteiger partial charge >= 0.3 is 0 Å². The molecule has 0 aliphatic heterocycles. The van der Waals surface area contributed by atoms with E-state index in [0.29, 0.717) is 5.69 Å². The number of nitro groups is 1. The topological polar surface area (TPSA) is 55.5 Å². The van der Waals surface area contributed by atoms with Gasteiger partial charge in [-0.15, -0.1) is 0 Å². The fourth-order valence-electron chi connectivity index (χ4n) is 1.56. The van der Waals surface area contributed by atoms with E-state index in [9.17, 15) is 10.1 Å². The maximum atomic E-state index is 10.6. The van der Waals surface area contributed by atoms with Gasteiger partial charge in [-0.25, -0.2) is 0 Å². The summed E-state index contributed by atoms with van der Waals surface area (Å²) in [6.45, 7) is 1.99. The number of nitro benzene ring substituents is 1. The molecule has 0 radical (unpaired) electrons. The van der Waals surface area contributed by atoms with Crippen molar-refractivity contribution in [3.8, 4) is 0 Å². The van der Waals surface area contributed by atoms with Gasteiger partial charge in [0.2, 0.25) is 0 Å². The Labute approximate surface area is 105 Å². The van der Waals surface area contributed by atoms with Crippen molar-refractivity contribution in [3.63, 3.8) is 0 Å². The van der Waals surface area contributed by atoms with E-state index in [1.165, 1.54) is 12.1 Å². The van der Waals surface area contributed by atoms with Gasteiger partial charge in [0, 0.05) is 18.3 Å². The van der Waals surface area contributed by atoms with Gasteiger partial charge in [0.25, 0.3) is 5.69 Å². The minimum Gasteiger partial charge on any atom is -0.258 e. The van der Waals surface area contributed by atoms with Crippen molar-refractivity contribution in [2.24, 2.45) is 4.99 Å². The molecule has 0 spiro atoms. The lowest BCUT2D eigenvalue weighted by molar-refractivity contribution is -0.384. The van der Waals surface area contributed by atoms with Crippen molar-refractivity contribution in [1.29, 1.82) is 0 Å². The van der Waals surface area contributed by atoms with E-state index in [-0.39, 0.29) is 5.69 Å². The molecule has 0 saturated carbocycles. The van der Waals surface area contributed by atoms with E-state index in [1.807, 2.05) is 31.2 Å². The van der Waals surface area contributed by atoms with Crippen molar-refractivity contribution >= 4 is 17.6 Å². The van der Waals surface area contributed by atoms with Crippen LogP contribution in [0.1, 0.15) is 11.1 Å². The SMILES string of the molecule is Cc1ccccc1C=Nc1cccc([N+](=O)[O-])c1. The minimum absolute atomic E-state index is 0.0504. The summed E-state index contributed by atoms with van der Waals surface area (Å²) >= 11 is 0. The largest absolute Gasteiger partial charge is 0.271 e. The second-order valence-corrected chi connectivity index (χ2v) is 3.89. The molecule has 4 heteroatoms. The monoisotopic (exact) mass is 240 g/mol. The van der Waals surface area contributed by atoms with Crippen molar-refractivity contribution in [2.75, 3.05) is 0 Å². The maximum Gasteiger partial charge on any atom is 0.271 e. The Morgan fingerprint density at radius 1 is 1.17 bits per heavy atom. The van der Waals surface area contributed by atoms with Crippen LogP contribution in [0.5, 0.6) is 0 Å². The number of aryl methyl sites for hydroxylation is 1. The second-order valence-electron chi connectivity index (χ2n) is 3.89. The highest BCUT2D eigenvalue weighted by atomic mass is 16.6. The first-order chi connectivity index (χ1) is 8.66. The van der Waals surface area contributed by atoms with E-state index in [0.717, 1.165) is 11.1 Å². The van der Waals surface area contributed by atoms with Crippen LogP contribution in [0.2, 0.25) is 0 Å². The van der Waals surface area contributed by atoms with E-state index in [2.05, 4.69) is 4.99 Å². The van der Waals surface area contributed by atoms with Crippen LogP contribution in [0.4, 0.5) is 11.4 Å². The molecular weight excluding hydrogens is 228 g/mol. The van der Waals surface area contributed by atoms with E-state index < -0.39 is 4.92 Å². The Morgan fingerprint density at radius 2 is 1.94 bits per heavy atom. The third-order valence-electron chi connectivity index (χ3n) is 2.58. The third kappa shape index (κ3) is 2.79. The van der Waals surface area contributed by atoms with Crippen LogP contribution in [0, 0.1) is 17.0 Å². The van der Waals surface area contributed by atoms with Gasteiger partial charge in [-0.05, 0) is 24.1 Å². The molecule has 0 aliphatic rings. The summed E-state index contributed by atoms with van der Waals surface area (Å²) in [5, 5.41) is 10.6. The number of hydrogen-bond donors (Lipinski definition) is 0. The zero-order chi connectivity index (χ0) is 13.0. The zero-order valence-electron chi connectivity index (χ0n) is 9.91. The standard InChI is InChI=1S/C14H12N2O2/c1-11-5-2-3-6-12(11)10-15-13-7-4-8-14(9-13)16(17)18/h2-10H,1H3. The fourth-order valence-corrected chi connectivity index (χ4v) is 1.56. The van der Waals surface area contributed by atoms with Crippen molar-refractivity contribution in [1.82, 2.24) is 0 Å². The van der Waals surface area contributed by atoms with E-state index in [4.69, 9.17) is 0 Å². The van der Waals surface area contributed by atoms with Gasteiger partial charge in [0.1, 0.15) is 0 Å². The Hall–Kier alpha value is -2.49. The Balaban J connectivity index is 2.27. The number of benzene rings is 2. The highest BCUT2D eigenvalue weighted by Gasteiger charge is 2.04. The summed E-state index contributed by atoms with van der Waals surface area (Å²) in [4.78, 5) is 14.5. The molecule has 0 saturated heterocycles. The number of hydrogen-bond acceptors (Lipinski definition) is 3. The van der Waals surface area contributed by atoms with Crippen LogP contribution in [-0.2, 0) is 0 Å². The lowest BCUT2D eigenvalue weighted by atomic mass is 10.1. The molecule has 0 aromatic heterocycles. The molecule has 0 heterocycles. The van der Waals surface area contributed by atoms with Crippen LogP contribution in [0.25, 0.3) is 0 Å². The molecule has 0 fully saturated rings. The number of non-ortho nitro benzene ring substituents is 1. The molecule has 2 aromatic carbocycles. The quantitative estimate of drug-likeness (QED) is 0.467. The van der Waals surface area contributed by atoms with Crippen LogP contribution in [-0.4, -0.2) is 11.1 Å². The number of aliphatic imine (C=N–C) groups is 1. The molecule has 2 aromatic rings. The third-order valence-corrected chi connectivity index (χ3v) is 2.58. The van der Waals surface area contributed by atoms with Gasteiger partial charge in [0.15, 0.2) is 0 Å².